The molecule has 0 bridgehead atoms. The van der Waals surface area contributed by atoms with Gasteiger partial charge in [-0.2, -0.15) is 0 Å². The van der Waals surface area contributed by atoms with E-state index in [2.05, 4.69) is 0 Å². The summed E-state index contributed by atoms with van der Waals surface area (Å²) in [5.41, 5.74) is 0.674. The van der Waals surface area contributed by atoms with Crippen LogP contribution >= 0.6 is 11.8 Å². The Balaban J connectivity index is 1.79. The van der Waals surface area contributed by atoms with E-state index in [0.717, 1.165) is 5.56 Å². The number of rotatable bonds is 8. The molecule has 1 amide bonds. The van der Waals surface area contributed by atoms with Crippen LogP contribution in [-0.4, -0.2) is 52.8 Å². The highest BCUT2D eigenvalue weighted by molar-refractivity contribution is 7.99. The van der Waals surface area contributed by atoms with Crippen molar-refractivity contribution in [2.24, 2.45) is 5.92 Å². The lowest BCUT2D eigenvalue weighted by atomic mass is 9.94. The van der Waals surface area contributed by atoms with Crippen molar-refractivity contribution in [3.63, 3.8) is 0 Å². The smallest absolute Gasteiger partial charge is 0.311 e. The molecule has 0 aromatic heterocycles. The molecule has 142 valence electrons. The van der Waals surface area contributed by atoms with Crippen LogP contribution in [-0.2, 0) is 15.3 Å². The number of piperidine rings is 1. The van der Waals surface area contributed by atoms with E-state index in [4.69, 9.17) is 9.84 Å². The molecule has 2 rings (SSSR count). The van der Waals surface area contributed by atoms with Gasteiger partial charge in [0, 0.05) is 31.3 Å². The van der Waals surface area contributed by atoms with Crippen molar-refractivity contribution in [2.75, 3.05) is 26.0 Å². The summed E-state index contributed by atoms with van der Waals surface area (Å²) >= 11 is 1.40. The summed E-state index contributed by atoms with van der Waals surface area (Å²) in [6, 6.07) is 4.78. The number of hydrogen-bond donors (Lipinski definition) is 1. The second-order valence-corrected chi connectivity index (χ2v) is 7.16. The average molecular weight is 382 g/mol. The lowest BCUT2D eigenvalue weighted by molar-refractivity contribution is -0.385. The highest BCUT2D eigenvalue weighted by Crippen LogP contribution is 2.29. The highest BCUT2D eigenvalue weighted by atomic mass is 32.2. The minimum atomic E-state index is -0.793. The quantitative estimate of drug-likeness (QED) is 0.543. The van der Waals surface area contributed by atoms with E-state index in [1.807, 2.05) is 0 Å². The molecule has 1 aliphatic rings. The normalized spacial score (nSPS) is 14.9. The van der Waals surface area contributed by atoms with E-state index < -0.39 is 10.9 Å². The summed E-state index contributed by atoms with van der Waals surface area (Å²) in [5.74, 6) is 0.369. The van der Waals surface area contributed by atoms with Crippen LogP contribution < -0.4 is 4.74 Å². The fraction of sp³-hybridized carbons (Fsp3) is 0.529. The van der Waals surface area contributed by atoms with E-state index in [0.29, 0.717) is 37.4 Å². The first-order chi connectivity index (χ1) is 12.4. The molecule has 0 atom stereocenters. The van der Waals surface area contributed by atoms with Crippen molar-refractivity contribution < 1.29 is 24.4 Å². The predicted octanol–water partition coefficient (Wildman–Crippen LogP) is 2.55. The summed E-state index contributed by atoms with van der Waals surface area (Å²) in [5, 5.41) is 19.9. The van der Waals surface area contributed by atoms with Crippen LogP contribution in [0.4, 0.5) is 5.69 Å². The van der Waals surface area contributed by atoms with Gasteiger partial charge in [-0.3, -0.25) is 19.7 Å². The fourth-order valence-corrected chi connectivity index (χ4v) is 3.82. The number of benzene rings is 1. The number of nitrogens with zero attached hydrogens (tertiary/aromatic N) is 2. The maximum atomic E-state index is 12.3. The minimum absolute atomic E-state index is 0.0202. The molecule has 0 spiro atoms. The Bertz CT molecular complexity index is 673. The first-order valence-electron chi connectivity index (χ1n) is 8.29. The molecule has 1 fully saturated rings. The third-order valence-corrected chi connectivity index (χ3v) is 5.35. The van der Waals surface area contributed by atoms with E-state index >= 15 is 0 Å². The number of methoxy groups -OCH3 is 1. The highest BCUT2D eigenvalue weighted by Gasteiger charge is 2.24. The minimum Gasteiger partial charge on any atom is -0.490 e. The van der Waals surface area contributed by atoms with Crippen molar-refractivity contribution in [3.8, 4) is 5.75 Å². The molecule has 0 radical (unpaired) electrons. The van der Waals surface area contributed by atoms with Crippen molar-refractivity contribution in [3.05, 3.63) is 33.9 Å². The van der Waals surface area contributed by atoms with Gasteiger partial charge in [-0.05, 0) is 30.4 Å². The topological polar surface area (TPSA) is 110 Å². The lowest BCUT2D eigenvalue weighted by Crippen LogP contribution is -2.39. The Labute approximate surface area is 155 Å². The van der Waals surface area contributed by atoms with E-state index in [9.17, 15) is 19.7 Å². The maximum absolute atomic E-state index is 12.3. The third kappa shape index (κ3) is 5.62. The van der Waals surface area contributed by atoms with Crippen LogP contribution in [0.15, 0.2) is 18.2 Å². The van der Waals surface area contributed by atoms with Gasteiger partial charge < -0.3 is 14.7 Å². The summed E-state index contributed by atoms with van der Waals surface area (Å²) in [6.45, 7) is 1.18. The molecule has 1 N–H and O–H groups in total. The monoisotopic (exact) mass is 382 g/mol. The Morgan fingerprint density at radius 1 is 1.38 bits per heavy atom. The van der Waals surface area contributed by atoms with Gasteiger partial charge in [0.1, 0.15) is 0 Å². The number of carbonyl (C=O) groups excluding carboxylic acids is 1. The Morgan fingerprint density at radius 2 is 2.08 bits per heavy atom. The van der Waals surface area contributed by atoms with Gasteiger partial charge in [0.15, 0.2) is 5.75 Å². The van der Waals surface area contributed by atoms with Crippen LogP contribution in [0.2, 0.25) is 0 Å². The van der Waals surface area contributed by atoms with Crippen LogP contribution in [0.3, 0.4) is 0 Å². The van der Waals surface area contributed by atoms with Gasteiger partial charge in [-0.15, -0.1) is 11.8 Å². The molecular formula is C17H22N2O6S. The lowest BCUT2D eigenvalue weighted by Gasteiger charge is -2.31. The average Bonchev–Trinajstić information content (AvgIpc) is 2.61. The van der Waals surface area contributed by atoms with E-state index in [-0.39, 0.29) is 29.7 Å². The van der Waals surface area contributed by atoms with Crippen molar-refractivity contribution in [1.82, 2.24) is 4.90 Å². The van der Waals surface area contributed by atoms with Crippen LogP contribution in [0, 0.1) is 16.0 Å². The van der Waals surface area contributed by atoms with E-state index in [1.54, 1.807) is 17.0 Å². The first kappa shape index (κ1) is 20.0. The van der Waals surface area contributed by atoms with Gasteiger partial charge >= 0.3 is 11.7 Å². The first-order valence-corrected chi connectivity index (χ1v) is 9.44. The Kier molecular flexibility index (Phi) is 7.26. The zero-order chi connectivity index (χ0) is 19.1. The maximum Gasteiger partial charge on any atom is 0.311 e. The number of likely N-dealkylation sites (tertiary alicyclic amines) is 1. The summed E-state index contributed by atoms with van der Waals surface area (Å²) in [4.78, 5) is 35.3. The molecule has 26 heavy (non-hydrogen) atoms. The largest absolute Gasteiger partial charge is 0.490 e. The van der Waals surface area contributed by atoms with Gasteiger partial charge in [-0.1, -0.05) is 6.07 Å². The number of carboxylic acid groups (broad SMARTS) is 1. The SMILES string of the molecule is COc1ccc(CSCC(=O)N2CCC(CC(=O)O)CC2)cc1[N+](=O)[O-]. The molecule has 1 aromatic rings. The molecule has 0 saturated carbocycles. The standard InChI is InChI=1S/C17H22N2O6S/c1-25-15-3-2-13(8-14(15)19(23)24)10-26-11-16(20)18-6-4-12(5-7-18)9-17(21)22/h2-3,8,12H,4-7,9-11H2,1H3,(H,21,22). The van der Waals surface area contributed by atoms with Crippen molar-refractivity contribution in [1.29, 1.82) is 0 Å². The van der Waals surface area contributed by atoms with Gasteiger partial charge in [-0.25, -0.2) is 0 Å². The molecule has 1 saturated heterocycles. The molecule has 1 heterocycles. The van der Waals surface area contributed by atoms with E-state index in [1.165, 1.54) is 24.9 Å². The summed E-state index contributed by atoms with van der Waals surface area (Å²) in [6.07, 6.45) is 1.59. The van der Waals surface area contributed by atoms with Crippen molar-refractivity contribution >= 4 is 29.3 Å². The van der Waals surface area contributed by atoms with Crippen LogP contribution in [0.25, 0.3) is 0 Å². The molecule has 0 aliphatic carbocycles. The number of thioether (sulfide) groups is 1. The number of nitro groups is 1. The number of carboxylic acids is 1. The molecule has 1 aliphatic heterocycles. The van der Waals surface area contributed by atoms with Crippen LogP contribution in [0.1, 0.15) is 24.8 Å². The zero-order valence-corrected chi connectivity index (χ0v) is 15.4. The number of hydrogen-bond acceptors (Lipinski definition) is 6. The summed E-state index contributed by atoms with van der Waals surface area (Å²) in [7, 11) is 1.38. The second kappa shape index (κ2) is 9.42. The molecule has 9 heteroatoms. The van der Waals surface area contributed by atoms with Gasteiger partial charge in [0.25, 0.3) is 0 Å². The predicted molar refractivity (Wildman–Crippen MR) is 97.4 cm³/mol. The molecule has 1 aromatic carbocycles. The Morgan fingerprint density at radius 3 is 2.65 bits per heavy atom. The number of carbonyl (C=O) groups is 2. The fourth-order valence-electron chi connectivity index (χ4n) is 2.95. The zero-order valence-electron chi connectivity index (χ0n) is 14.6. The molecule has 8 nitrogen and oxygen atoms in total. The van der Waals surface area contributed by atoms with Gasteiger partial charge in [0.05, 0.1) is 17.8 Å². The molecular weight excluding hydrogens is 360 g/mol. The second-order valence-electron chi connectivity index (χ2n) is 6.18. The summed E-state index contributed by atoms with van der Waals surface area (Å²) < 4.78 is 4.97. The third-order valence-electron chi connectivity index (χ3n) is 4.36. The number of nitro benzene ring substituents is 1. The number of ether oxygens (including phenoxy) is 1. The van der Waals surface area contributed by atoms with Gasteiger partial charge in [0.2, 0.25) is 5.91 Å². The molecule has 0 unspecified atom stereocenters. The Hall–Kier alpha value is -2.29. The number of aliphatic carboxylic acids is 1. The van der Waals surface area contributed by atoms with Crippen LogP contribution in [0.5, 0.6) is 5.75 Å². The number of amides is 1. The van der Waals surface area contributed by atoms with Crippen molar-refractivity contribution in [2.45, 2.75) is 25.0 Å².